The van der Waals surface area contributed by atoms with E-state index >= 15 is 0 Å². The lowest BCUT2D eigenvalue weighted by Crippen LogP contribution is -2.24. The molecule has 0 atom stereocenters. The van der Waals surface area contributed by atoms with Crippen molar-refractivity contribution in [1.29, 1.82) is 0 Å². The van der Waals surface area contributed by atoms with Gasteiger partial charge in [-0.2, -0.15) is 0 Å². The molecule has 0 unspecified atom stereocenters. The Morgan fingerprint density at radius 2 is 1.37 bits per heavy atom. The minimum atomic E-state index is 0.195. The number of aliphatic imine (C=N–C) groups is 1. The average Bonchev–Trinajstić information content (AvgIpc) is 2.52. The van der Waals surface area contributed by atoms with Crippen molar-refractivity contribution in [3.05, 3.63) is 24.9 Å². The van der Waals surface area contributed by atoms with Gasteiger partial charge in [-0.1, -0.05) is 75.0 Å². The molecule has 0 bridgehead atoms. The van der Waals surface area contributed by atoms with Crippen LogP contribution in [0.1, 0.15) is 82.1 Å². The summed E-state index contributed by atoms with van der Waals surface area (Å²) in [6.07, 6.45) is 7.96. The Bertz CT molecular complexity index is 208. The molecule has 0 aromatic heterocycles. The van der Waals surface area contributed by atoms with E-state index in [1.54, 1.807) is 6.20 Å². The quantitative estimate of drug-likeness (QED) is 0.474. The zero-order chi connectivity index (χ0) is 16.3. The first-order valence-electron chi connectivity index (χ1n) is 7.96. The fourth-order valence-electron chi connectivity index (χ4n) is 1.27. The van der Waals surface area contributed by atoms with Crippen molar-refractivity contribution in [3.63, 3.8) is 0 Å². The topological polar surface area (TPSA) is 12.4 Å². The van der Waals surface area contributed by atoms with Crippen LogP contribution in [-0.2, 0) is 0 Å². The zero-order valence-electron chi connectivity index (χ0n) is 15.3. The van der Waals surface area contributed by atoms with Gasteiger partial charge in [0.2, 0.25) is 0 Å². The van der Waals surface area contributed by atoms with Gasteiger partial charge in [-0.15, -0.1) is 0 Å². The summed E-state index contributed by atoms with van der Waals surface area (Å²) in [6.45, 7) is 24.3. The second-order valence-corrected chi connectivity index (χ2v) is 3.46. The minimum Gasteiger partial charge on any atom is -0.261 e. The van der Waals surface area contributed by atoms with Gasteiger partial charge in [0.15, 0.2) is 0 Å². The molecule has 0 aromatic rings. The molecule has 116 valence electrons. The summed E-state index contributed by atoms with van der Waals surface area (Å²) in [5.74, 6) is 0. The van der Waals surface area contributed by atoms with Crippen molar-refractivity contribution in [1.82, 2.24) is 0 Å². The molecule has 0 heterocycles. The minimum absolute atomic E-state index is 0.195. The highest BCUT2D eigenvalue weighted by Crippen LogP contribution is 2.28. The molecular weight excluding hydrogens is 230 g/mol. The third-order valence-corrected chi connectivity index (χ3v) is 2.73. The van der Waals surface area contributed by atoms with Gasteiger partial charge in [0.25, 0.3) is 0 Å². The average molecular weight is 270 g/mol. The van der Waals surface area contributed by atoms with Gasteiger partial charge in [-0.05, 0) is 25.8 Å². The van der Waals surface area contributed by atoms with Crippen LogP contribution in [0.4, 0.5) is 0 Å². The predicted molar refractivity (Wildman–Crippen MR) is 95.2 cm³/mol. The maximum atomic E-state index is 4.32. The molecule has 0 N–H and O–H groups in total. The second kappa shape index (κ2) is 22.3. The summed E-state index contributed by atoms with van der Waals surface area (Å²) < 4.78 is 0. The van der Waals surface area contributed by atoms with E-state index in [4.69, 9.17) is 0 Å². The van der Waals surface area contributed by atoms with E-state index in [9.17, 15) is 0 Å². The predicted octanol–water partition coefficient (Wildman–Crippen LogP) is 7.05. The monoisotopic (exact) mass is 269 g/mol. The van der Waals surface area contributed by atoms with Gasteiger partial charge in [0.05, 0.1) is 0 Å². The number of allylic oxidation sites excluding steroid dienone is 2. The van der Waals surface area contributed by atoms with E-state index in [0.29, 0.717) is 0 Å². The van der Waals surface area contributed by atoms with Gasteiger partial charge >= 0.3 is 0 Å². The van der Waals surface area contributed by atoms with Crippen LogP contribution < -0.4 is 0 Å². The summed E-state index contributed by atoms with van der Waals surface area (Å²) in [4.78, 5) is 4.32. The Labute approximate surface area is 123 Å². The molecule has 0 amide bonds. The lowest BCUT2D eigenvalue weighted by Gasteiger charge is -2.26. The molecule has 1 heteroatoms. The lowest BCUT2D eigenvalue weighted by molar-refractivity contribution is 0.435. The summed E-state index contributed by atoms with van der Waals surface area (Å²) in [5.41, 5.74) is 1.33. The lowest BCUT2D eigenvalue weighted by atomic mass is 9.79. The third kappa shape index (κ3) is 13.4. The first kappa shape index (κ1) is 26.7. The van der Waals surface area contributed by atoms with E-state index in [-0.39, 0.29) is 5.41 Å². The van der Waals surface area contributed by atoms with Crippen molar-refractivity contribution in [3.8, 4) is 0 Å². The maximum Gasteiger partial charge on any atom is 0.0458 e. The molecule has 0 rings (SSSR count). The van der Waals surface area contributed by atoms with E-state index in [0.717, 1.165) is 18.6 Å². The van der Waals surface area contributed by atoms with E-state index in [1.165, 1.54) is 0 Å². The van der Waals surface area contributed by atoms with Crippen LogP contribution in [-0.4, -0.2) is 5.71 Å². The molecule has 0 saturated heterocycles. The number of rotatable bonds is 5. The van der Waals surface area contributed by atoms with E-state index in [1.807, 2.05) is 54.5 Å². The van der Waals surface area contributed by atoms with E-state index in [2.05, 4.69) is 38.4 Å². The largest absolute Gasteiger partial charge is 0.261 e. The molecule has 0 fully saturated rings. The Kier molecular flexibility index (Phi) is 31.3. The summed E-state index contributed by atoms with van der Waals surface area (Å²) >= 11 is 0. The van der Waals surface area contributed by atoms with Crippen molar-refractivity contribution in [2.75, 3.05) is 0 Å². The summed E-state index contributed by atoms with van der Waals surface area (Å²) in [5, 5.41) is 0. The first-order chi connectivity index (χ1) is 9.14. The SMILES string of the molecule is C=CN=C(/C=C\C)C(C)(CC)CC.CC.CC.CC. The first-order valence-corrected chi connectivity index (χ1v) is 7.96. The normalized spacial score (nSPS) is 10.3. The van der Waals surface area contributed by atoms with Crippen LogP contribution in [0.3, 0.4) is 0 Å². The van der Waals surface area contributed by atoms with Crippen LogP contribution in [0, 0.1) is 5.41 Å². The van der Waals surface area contributed by atoms with Gasteiger partial charge in [0, 0.05) is 17.3 Å². The fourth-order valence-corrected chi connectivity index (χ4v) is 1.27. The Balaban J connectivity index is -0.000000163. The highest BCUT2D eigenvalue weighted by Gasteiger charge is 2.24. The smallest absolute Gasteiger partial charge is 0.0458 e. The summed E-state index contributed by atoms with van der Waals surface area (Å²) in [6, 6.07) is 0. The number of nitrogens with zero attached hydrogens (tertiary/aromatic N) is 1. The molecule has 0 aliphatic rings. The Hall–Kier alpha value is -0.850. The van der Waals surface area contributed by atoms with Crippen LogP contribution >= 0.6 is 0 Å². The van der Waals surface area contributed by atoms with Crippen LogP contribution in [0.5, 0.6) is 0 Å². The van der Waals surface area contributed by atoms with Crippen LogP contribution in [0.2, 0.25) is 0 Å². The van der Waals surface area contributed by atoms with Gasteiger partial charge in [-0.3, -0.25) is 4.99 Å². The molecule has 0 aliphatic heterocycles. The van der Waals surface area contributed by atoms with Gasteiger partial charge in [0.1, 0.15) is 0 Å². The molecule has 0 aliphatic carbocycles. The fraction of sp³-hybridized carbons (Fsp3) is 0.722. The molecule has 0 radical (unpaired) electrons. The molecule has 1 nitrogen and oxygen atoms in total. The van der Waals surface area contributed by atoms with E-state index < -0.39 is 0 Å². The van der Waals surface area contributed by atoms with Crippen molar-refractivity contribution >= 4 is 5.71 Å². The summed E-state index contributed by atoms with van der Waals surface area (Å²) in [7, 11) is 0. The maximum absolute atomic E-state index is 4.32. The van der Waals surface area contributed by atoms with Crippen molar-refractivity contribution < 1.29 is 0 Å². The molecule has 0 aromatic carbocycles. The number of hydrogen-bond donors (Lipinski definition) is 0. The third-order valence-electron chi connectivity index (χ3n) is 2.73. The standard InChI is InChI=1S/C12H21N.3C2H6/c1-6-10-11(13-9-4)12(5,7-2)8-3;3*1-2/h6,9-10H,4,7-8H2,1-3,5H3;3*1-2H3/b10-6-,13-11?;;;. The molecule has 19 heavy (non-hydrogen) atoms. The van der Waals surface area contributed by atoms with Crippen molar-refractivity contribution in [2.24, 2.45) is 10.4 Å². The highest BCUT2D eigenvalue weighted by atomic mass is 14.7. The van der Waals surface area contributed by atoms with Gasteiger partial charge < -0.3 is 0 Å². The number of hydrogen-bond acceptors (Lipinski definition) is 1. The van der Waals surface area contributed by atoms with Crippen LogP contribution in [0.25, 0.3) is 0 Å². The molecule has 0 spiro atoms. The Morgan fingerprint density at radius 3 is 1.58 bits per heavy atom. The zero-order valence-corrected chi connectivity index (χ0v) is 15.3. The molecule has 0 saturated carbocycles. The Morgan fingerprint density at radius 1 is 1.00 bits per heavy atom. The van der Waals surface area contributed by atoms with Crippen LogP contribution in [0.15, 0.2) is 29.9 Å². The second-order valence-electron chi connectivity index (χ2n) is 3.46. The van der Waals surface area contributed by atoms with Gasteiger partial charge in [-0.25, -0.2) is 0 Å². The highest BCUT2D eigenvalue weighted by molar-refractivity contribution is 5.99. The molecular formula is C18H39N. The van der Waals surface area contributed by atoms with Crippen molar-refractivity contribution in [2.45, 2.75) is 82.1 Å².